The van der Waals surface area contributed by atoms with Crippen LogP contribution in [0.25, 0.3) is 11.0 Å². The largest absolute Gasteiger partial charge is 0.464 e. The maximum absolute atomic E-state index is 13.8. The highest BCUT2D eigenvalue weighted by Crippen LogP contribution is 2.42. The number of allylic oxidation sites excluding steroid dienone is 1. The van der Waals surface area contributed by atoms with E-state index < -0.39 is 24.0 Å². The van der Waals surface area contributed by atoms with E-state index in [4.69, 9.17) is 40.1 Å². The number of aliphatic hydroxyl groups excluding tert-OH is 1. The zero-order chi connectivity index (χ0) is 34.5. The number of para-hydroxylation sites is 1. The fourth-order valence-electron chi connectivity index (χ4n) is 6.27. The van der Waals surface area contributed by atoms with Crippen molar-refractivity contribution in [3.63, 3.8) is 0 Å². The van der Waals surface area contributed by atoms with E-state index in [2.05, 4.69) is 5.32 Å². The van der Waals surface area contributed by atoms with Crippen LogP contribution in [0.1, 0.15) is 51.1 Å². The molecule has 2 aliphatic rings. The molecule has 0 aliphatic carbocycles. The van der Waals surface area contributed by atoms with Crippen LogP contribution in [0.3, 0.4) is 0 Å². The number of nitrogens with zero attached hydrogens (tertiary/aromatic N) is 1. The molecule has 3 heterocycles. The number of nitrogens with one attached hydrogen (secondary N) is 1. The van der Waals surface area contributed by atoms with Gasteiger partial charge in [-0.15, -0.1) is 0 Å². The third kappa shape index (κ3) is 7.26. The molecule has 0 fully saturated rings. The molecule has 0 saturated heterocycles. The summed E-state index contributed by atoms with van der Waals surface area (Å²) in [6.45, 7) is 5.32. The van der Waals surface area contributed by atoms with E-state index in [-0.39, 0.29) is 41.9 Å². The lowest BCUT2D eigenvalue weighted by Crippen LogP contribution is -2.38. The van der Waals surface area contributed by atoms with E-state index >= 15 is 0 Å². The van der Waals surface area contributed by atoms with E-state index in [1.54, 1.807) is 49.6 Å². The highest BCUT2D eigenvalue weighted by atomic mass is 35.5. The van der Waals surface area contributed by atoms with Crippen molar-refractivity contribution in [2.45, 2.75) is 32.5 Å². The van der Waals surface area contributed by atoms with Gasteiger partial charge in [0.25, 0.3) is 17.7 Å². The molecule has 0 radical (unpaired) electrons. The molecule has 4 aromatic rings. The maximum atomic E-state index is 13.8. The Hall–Kier alpha value is -4.52. The highest BCUT2D eigenvalue weighted by molar-refractivity contribution is 6.37. The zero-order valence-electron chi connectivity index (χ0n) is 27.1. The molecule has 11 nitrogen and oxygen atoms in total. The van der Waals surface area contributed by atoms with Crippen LogP contribution in [0.2, 0.25) is 5.02 Å². The molecule has 1 aromatic heterocycles. The lowest BCUT2D eigenvalue weighted by atomic mass is 9.81. The lowest BCUT2D eigenvalue weighted by Gasteiger charge is -2.36. The van der Waals surface area contributed by atoms with Crippen LogP contribution in [0.5, 0.6) is 0 Å². The zero-order valence-corrected chi connectivity index (χ0v) is 27.9. The molecule has 2 N–H and O–H groups in total. The van der Waals surface area contributed by atoms with Crippen LogP contribution in [-0.2, 0) is 23.7 Å². The maximum Gasteiger partial charge on any atom is 0.290 e. The van der Waals surface area contributed by atoms with Crippen LogP contribution in [0, 0.1) is 12.8 Å². The fourth-order valence-corrected chi connectivity index (χ4v) is 6.44. The van der Waals surface area contributed by atoms with Gasteiger partial charge in [0.2, 0.25) is 6.29 Å². The third-order valence-corrected chi connectivity index (χ3v) is 8.79. The number of hydrogen-bond donors (Lipinski definition) is 2. The van der Waals surface area contributed by atoms with Gasteiger partial charge in [-0.3, -0.25) is 14.4 Å². The summed E-state index contributed by atoms with van der Waals surface area (Å²) in [6.07, 6.45) is 3.31. The number of imide groups is 1. The van der Waals surface area contributed by atoms with Gasteiger partial charge in [0, 0.05) is 46.7 Å². The number of rotatable bonds is 14. The molecule has 0 unspecified atom stereocenters. The predicted octanol–water partition coefficient (Wildman–Crippen LogP) is 6.23. The third-order valence-electron chi connectivity index (χ3n) is 8.56. The summed E-state index contributed by atoms with van der Waals surface area (Å²) in [6, 6.07) is 17.3. The Morgan fingerprint density at radius 3 is 2.53 bits per heavy atom. The minimum atomic E-state index is -0.755. The molecule has 3 aromatic carbocycles. The van der Waals surface area contributed by atoms with Crippen LogP contribution in [0.15, 0.2) is 83.2 Å². The molecular formula is C37H37ClN2O9. The van der Waals surface area contributed by atoms with Gasteiger partial charge in [-0.25, -0.2) is 4.90 Å². The van der Waals surface area contributed by atoms with Crippen LogP contribution >= 0.6 is 11.6 Å². The molecule has 2 aliphatic heterocycles. The van der Waals surface area contributed by atoms with Gasteiger partial charge in [-0.1, -0.05) is 29.8 Å². The second-order valence-corrected chi connectivity index (χ2v) is 12.1. The van der Waals surface area contributed by atoms with Crippen LogP contribution in [0.4, 0.5) is 11.4 Å². The first-order valence-corrected chi connectivity index (χ1v) is 16.5. The van der Waals surface area contributed by atoms with Crippen molar-refractivity contribution in [1.29, 1.82) is 0 Å². The lowest BCUT2D eigenvalue weighted by molar-refractivity contribution is -0.166. The number of halogens is 1. The van der Waals surface area contributed by atoms with E-state index in [9.17, 15) is 14.4 Å². The number of benzene rings is 3. The van der Waals surface area contributed by atoms with Gasteiger partial charge in [0.05, 0.1) is 49.5 Å². The summed E-state index contributed by atoms with van der Waals surface area (Å²) in [5.74, 6) is -1.82. The van der Waals surface area contributed by atoms with Gasteiger partial charge in [-0.2, -0.15) is 0 Å². The second-order valence-electron chi connectivity index (χ2n) is 11.7. The number of carbonyl (C=O) groups excluding carboxylic acids is 3. The van der Waals surface area contributed by atoms with Crippen molar-refractivity contribution in [2.24, 2.45) is 5.92 Å². The number of hydrogen-bond acceptors (Lipinski definition) is 9. The number of amides is 3. The fraction of sp³-hybridized carbons (Fsp3) is 0.324. The molecule has 49 heavy (non-hydrogen) atoms. The normalized spacial score (nSPS) is 18.8. The average Bonchev–Trinajstić information content (AvgIpc) is 3.63. The molecular weight excluding hydrogens is 652 g/mol. The molecule has 3 amide bonds. The molecule has 6 rings (SSSR count). The first-order chi connectivity index (χ1) is 23.8. The molecule has 0 bridgehead atoms. The van der Waals surface area contributed by atoms with E-state index in [1.165, 1.54) is 6.07 Å². The van der Waals surface area contributed by atoms with Crippen molar-refractivity contribution in [1.82, 2.24) is 0 Å². The quantitative estimate of drug-likeness (QED) is 0.117. The van der Waals surface area contributed by atoms with Crippen molar-refractivity contribution in [3.8, 4) is 0 Å². The Kier molecular flexibility index (Phi) is 10.8. The summed E-state index contributed by atoms with van der Waals surface area (Å²) in [5, 5.41) is 13.1. The Morgan fingerprint density at radius 1 is 0.980 bits per heavy atom. The van der Waals surface area contributed by atoms with E-state index in [0.29, 0.717) is 54.8 Å². The average molecular weight is 689 g/mol. The van der Waals surface area contributed by atoms with E-state index in [0.717, 1.165) is 21.4 Å². The number of anilines is 2. The number of furan rings is 1. The number of aryl methyl sites for hydroxylation is 1. The number of ether oxygens (including phenoxy) is 4. The van der Waals surface area contributed by atoms with Crippen LogP contribution < -0.4 is 10.2 Å². The van der Waals surface area contributed by atoms with Crippen molar-refractivity contribution in [2.75, 3.05) is 49.9 Å². The van der Waals surface area contributed by atoms with Crippen molar-refractivity contribution in [3.05, 3.63) is 106 Å². The monoisotopic (exact) mass is 688 g/mol. The van der Waals surface area contributed by atoms with Crippen LogP contribution in [-0.4, -0.2) is 68.8 Å². The summed E-state index contributed by atoms with van der Waals surface area (Å²) in [4.78, 5) is 41.1. The minimum absolute atomic E-state index is 0.0467. The molecule has 12 heteroatoms. The van der Waals surface area contributed by atoms with E-state index in [1.807, 2.05) is 31.2 Å². The smallest absolute Gasteiger partial charge is 0.290 e. The Balaban J connectivity index is 1.23. The highest BCUT2D eigenvalue weighted by Gasteiger charge is 2.40. The second kappa shape index (κ2) is 15.4. The Labute approximate surface area is 288 Å². The molecule has 0 saturated carbocycles. The van der Waals surface area contributed by atoms with Gasteiger partial charge in [0.15, 0.2) is 5.76 Å². The summed E-state index contributed by atoms with van der Waals surface area (Å²) < 4.78 is 29.3. The van der Waals surface area contributed by atoms with Gasteiger partial charge in [-0.05, 0) is 74.4 Å². The van der Waals surface area contributed by atoms with Crippen molar-refractivity contribution < 1.29 is 42.9 Å². The van der Waals surface area contributed by atoms with Gasteiger partial charge in [0.1, 0.15) is 5.58 Å². The van der Waals surface area contributed by atoms with Gasteiger partial charge >= 0.3 is 0 Å². The number of carbonyl (C=O) groups is 3. The molecule has 3 atom stereocenters. The first kappa shape index (κ1) is 34.3. The van der Waals surface area contributed by atoms with Gasteiger partial charge < -0.3 is 33.8 Å². The topological polar surface area (TPSA) is 137 Å². The Morgan fingerprint density at radius 2 is 1.76 bits per heavy atom. The summed E-state index contributed by atoms with van der Waals surface area (Å²) in [7, 11) is 0. The summed E-state index contributed by atoms with van der Waals surface area (Å²) in [5.41, 5.74) is 3.62. The summed E-state index contributed by atoms with van der Waals surface area (Å²) >= 11 is 6.07. The van der Waals surface area contributed by atoms with Crippen molar-refractivity contribution >= 4 is 51.7 Å². The Bertz CT molecular complexity index is 1890. The number of fused-ring (bicyclic) bond motifs is 2. The standard InChI is InChI=1S/C37H37ClN2O9/c1-3-47-37-27(12-14-45-16-17-46-15-13-41)28(30-21-48-32-7-5-4-6-25(30)32)20-33(49-37)34(42)39-24-9-11-31(22(2)18-24)40-35(43)26-10-8-23(38)19-29(26)36(40)44/h4-11,18-21,27-28,37,41H,3,12-17H2,1-2H3,(H,39,42)/t27-,28-,37+/m0/s1. The first-order valence-electron chi connectivity index (χ1n) is 16.1. The number of aliphatic hydroxyl groups is 1. The molecule has 0 spiro atoms. The molecule has 256 valence electrons. The SMILES string of the molecule is CCO[C@@H]1OC(C(=O)Nc2ccc(N3C(=O)c4ccc(Cl)cc4C3=O)c(C)c2)=C[C@H](c2coc3ccccc23)[C@@H]1CCOCCOCCO. The minimum Gasteiger partial charge on any atom is -0.464 e. The predicted molar refractivity (Wildman–Crippen MR) is 183 cm³/mol.